The number of hydrogen-bond acceptors (Lipinski definition) is 3. The predicted molar refractivity (Wildman–Crippen MR) is 53.3 cm³/mol. The SMILES string of the molecule is O=C(O)c1cn(-c2ccc(C(F)(F)F)cc2)nn1. The number of aromatic nitrogens is 3. The van der Waals surface area contributed by atoms with Crippen molar-refractivity contribution in [1.29, 1.82) is 0 Å². The molecule has 8 heteroatoms. The van der Waals surface area contributed by atoms with Gasteiger partial charge in [0.2, 0.25) is 0 Å². The summed E-state index contributed by atoms with van der Waals surface area (Å²) in [5.41, 5.74) is -0.775. The fourth-order valence-corrected chi connectivity index (χ4v) is 1.29. The van der Waals surface area contributed by atoms with Crippen LogP contribution in [0, 0.1) is 0 Å². The number of rotatable bonds is 2. The van der Waals surface area contributed by atoms with E-state index in [9.17, 15) is 18.0 Å². The molecular weight excluding hydrogens is 251 g/mol. The van der Waals surface area contributed by atoms with Crippen molar-refractivity contribution < 1.29 is 23.1 Å². The maximum atomic E-state index is 12.3. The summed E-state index contributed by atoms with van der Waals surface area (Å²) in [6.07, 6.45) is -3.29. The van der Waals surface area contributed by atoms with E-state index in [1.54, 1.807) is 0 Å². The van der Waals surface area contributed by atoms with Crippen LogP contribution in [0.5, 0.6) is 0 Å². The van der Waals surface area contributed by atoms with Gasteiger partial charge in [-0.2, -0.15) is 13.2 Å². The van der Waals surface area contributed by atoms with Gasteiger partial charge in [0.05, 0.1) is 17.4 Å². The van der Waals surface area contributed by atoms with Crippen LogP contribution in [0.15, 0.2) is 30.5 Å². The topological polar surface area (TPSA) is 68.0 Å². The first-order valence-corrected chi connectivity index (χ1v) is 4.71. The molecule has 0 aliphatic rings. The first-order valence-electron chi connectivity index (χ1n) is 4.71. The number of alkyl halides is 3. The van der Waals surface area contributed by atoms with E-state index < -0.39 is 17.7 Å². The van der Waals surface area contributed by atoms with Gasteiger partial charge in [0.1, 0.15) is 0 Å². The summed E-state index contributed by atoms with van der Waals surface area (Å²) in [5, 5.41) is 15.5. The number of nitrogens with zero attached hydrogens (tertiary/aromatic N) is 3. The van der Waals surface area contributed by atoms with Gasteiger partial charge in [0.15, 0.2) is 5.69 Å². The number of carboxylic acids is 1. The van der Waals surface area contributed by atoms with Crippen molar-refractivity contribution in [3.63, 3.8) is 0 Å². The summed E-state index contributed by atoms with van der Waals surface area (Å²) in [5.74, 6) is -1.26. The molecule has 0 bridgehead atoms. The molecule has 94 valence electrons. The van der Waals surface area contributed by atoms with Crippen LogP contribution in [-0.4, -0.2) is 26.1 Å². The number of carboxylic acid groups (broad SMARTS) is 1. The normalized spacial score (nSPS) is 11.5. The van der Waals surface area contributed by atoms with Crippen molar-refractivity contribution in [3.8, 4) is 5.69 Å². The van der Waals surface area contributed by atoms with E-state index in [0.29, 0.717) is 5.69 Å². The van der Waals surface area contributed by atoms with Gasteiger partial charge in [-0.25, -0.2) is 9.48 Å². The van der Waals surface area contributed by atoms with Crippen molar-refractivity contribution in [3.05, 3.63) is 41.7 Å². The molecule has 0 atom stereocenters. The lowest BCUT2D eigenvalue weighted by molar-refractivity contribution is -0.137. The van der Waals surface area contributed by atoms with Gasteiger partial charge in [0, 0.05) is 0 Å². The summed E-state index contributed by atoms with van der Waals surface area (Å²) in [7, 11) is 0. The van der Waals surface area contributed by atoms with Crippen LogP contribution in [0.25, 0.3) is 5.69 Å². The molecular formula is C10H6F3N3O2. The lowest BCUT2D eigenvalue weighted by Crippen LogP contribution is -2.05. The van der Waals surface area contributed by atoms with Crippen molar-refractivity contribution in [2.24, 2.45) is 0 Å². The molecule has 18 heavy (non-hydrogen) atoms. The highest BCUT2D eigenvalue weighted by molar-refractivity contribution is 5.84. The molecule has 1 aromatic heterocycles. The fraction of sp³-hybridized carbons (Fsp3) is 0.100. The van der Waals surface area contributed by atoms with Gasteiger partial charge in [0.25, 0.3) is 0 Å². The Hall–Kier alpha value is -2.38. The predicted octanol–water partition coefficient (Wildman–Crippen LogP) is 1.98. The zero-order chi connectivity index (χ0) is 13.3. The van der Waals surface area contributed by atoms with Gasteiger partial charge in [-0.3, -0.25) is 0 Å². The minimum atomic E-state index is -4.41. The number of hydrogen-bond donors (Lipinski definition) is 1. The van der Waals surface area contributed by atoms with Crippen LogP contribution in [0.1, 0.15) is 16.1 Å². The Morgan fingerprint density at radius 1 is 1.22 bits per heavy atom. The molecule has 0 aliphatic heterocycles. The molecule has 0 fully saturated rings. The third-order valence-electron chi connectivity index (χ3n) is 2.17. The first-order chi connectivity index (χ1) is 8.38. The molecule has 1 N–H and O–H groups in total. The number of halogens is 3. The highest BCUT2D eigenvalue weighted by atomic mass is 19.4. The third kappa shape index (κ3) is 2.31. The zero-order valence-corrected chi connectivity index (χ0v) is 8.72. The van der Waals surface area contributed by atoms with Crippen LogP contribution in [0.3, 0.4) is 0 Å². The van der Waals surface area contributed by atoms with Crippen LogP contribution in [-0.2, 0) is 6.18 Å². The molecule has 0 aliphatic carbocycles. The number of benzene rings is 1. The molecule has 0 saturated carbocycles. The molecule has 2 rings (SSSR count). The Morgan fingerprint density at radius 2 is 1.83 bits per heavy atom. The second kappa shape index (κ2) is 4.13. The van der Waals surface area contributed by atoms with E-state index in [-0.39, 0.29) is 5.69 Å². The molecule has 1 aromatic carbocycles. The first kappa shape index (κ1) is 12.1. The number of aromatic carboxylic acids is 1. The molecule has 5 nitrogen and oxygen atoms in total. The van der Waals surface area contributed by atoms with Gasteiger partial charge in [-0.15, -0.1) is 5.10 Å². The van der Waals surface area contributed by atoms with Crippen LogP contribution in [0.2, 0.25) is 0 Å². The average Bonchev–Trinajstić information content (AvgIpc) is 2.77. The summed E-state index contributed by atoms with van der Waals surface area (Å²) < 4.78 is 38.0. The summed E-state index contributed by atoms with van der Waals surface area (Å²) in [6, 6.07) is 4.14. The number of carbonyl (C=O) groups is 1. The zero-order valence-electron chi connectivity index (χ0n) is 8.72. The largest absolute Gasteiger partial charge is 0.476 e. The summed E-state index contributed by atoms with van der Waals surface area (Å²) in [6.45, 7) is 0. The van der Waals surface area contributed by atoms with Crippen molar-refractivity contribution in [2.75, 3.05) is 0 Å². The maximum absolute atomic E-state index is 12.3. The lowest BCUT2D eigenvalue weighted by Gasteiger charge is -2.06. The smallest absolute Gasteiger partial charge is 0.416 e. The van der Waals surface area contributed by atoms with E-state index in [4.69, 9.17) is 5.11 Å². The Kier molecular flexibility index (Phi) is 2.77. The van der Waals surface area contributed by atoms with E-state index in [0.717, 1.165) is 23.0 Å². The quantitative estimate of drug-likeness (QED) is 0.893. The van der Waals surface area contributed by atoms with E-state index in [1.807, 2.05) is 0 Å². The maximum Gasteiger partial charge on any atom is 0.416 e. The standard InChI is InChI=1S/C10H6F3N3O2/c11-10(12,13)6-1-3-7(4-2-6)16-5-8(9(17)18)14-15-16/h1-5H,(H,17,18). The molecule has 0 unspecified atom stereocenters. The highest BCUT2D eigenvalue weighted by Gasteiger charge is 2.30. The molecule has 2 aromatic rings. The van der Waals surface area contributed by atoms with Crippen molar-refractivity contribution in [2.45, 2.75) is 6.18 Å². The molecule has 0 radical (unpaired) electrons. The summed E-state index contributed by atoms with van der Waals surface area (Å²) >= 11 is 0. The molecule has 0 saturated heterocycles. The Labute approximate surface area is 98.5 Å². The van der Waals surface area contributed by atoms with Gasteiger partial charge in [-0.1, -0.05) is 5.21 Å². The van der Waals surface area contributed by atoms with Crippen molar-refractivity contribution >= 4 is 5.97 Å². The molecule has 0 spiro atoms. The second-order valence-electron chi connectivity index (χ2n) is 3.40. The highest BCUT2D eigenvalue weighted by Crippen LogP contribution is 2.29. The third-order valence-corrected chi connectivity index (χ3v) is 2.17. The van der Waals surface area contributed by atoms with Gasteiger partial charge >= 0.3 is 12.1 Å². The van der Waals surface area contributed by atoms with E-state index in [2.05, 4.69) is 10.3 Å². The minimum Gasteiger partial charge on any atom is -0.476 e. The Balaban J connectivity index is 2.31. The van der Waals surface area contributed by atoms with Crippen LogP contribution >= 0.6 is 0 Å². The van der Waals surface area contributed by atoms with Gasteiger partial charge in [-0.05, 0) is 24.3 Å². The minimum absolute atomic E-state index is 0.283. The summed E-state index contributed by atoms with van der Waals surface area (Å²) in [4.78, 5) is 10.6. The van der Waals surface area contributed by atoms with Crippen LogP contribution in [0.4, 0.5) is 13.2 Å². The second-order valence-corrected chi connectivity index (χ2v) is 3.40. The monoisotopic (exact) mass is 257 g/mol. The molecule has 0 amide bonds. The van der Waals surface area contributed by atoms with E-state index in [1.165, 1.54) is 12.1 Å². The van der Waals surface area contributed by atoms with Crippen molar-refractivity contribution in [1.82, 2.24) is 15.0 Å². The molecule has 1 heterocycles. The average molecular weight is 257 g/mol. The Morgan fingerprint density at radius 3 is 2.28 bits per heavy atom. The fourth-order valence-electron chi connectivity index (χ4n) is 1.29. The lowest BCUT2D eigenvalue weighted by atomic mass is 10.2. The van der Waals surface area contributed by atoms with Gasteiger partial charge < -0.3 is 5.11 Å². The van der Waals surface area contributed by atoms with E-state index >= 15 is 0 Å². The van der Waals surface area contributed by atoms with Crippen LogP contribution < -0.4 is 0 Å². The Bertz CT molecular complexity index is 575.